The highest BCUT2D eigenvalue weighted by Gasteiger charge is 2.26. The number of hydrogen-bond donors (Lipinski definition) is 0. The highest BCUT2D eigenvalue weighted by molar-refractivity contribution is 7.90. The van der Waals surface area contributed by atoms with Gasteiger partial charge in [0.05, 0.1) is 11.4 Å². The molecule has 0 amide bonds. The first kappa shape index (κ1) is 19.2. The molecule has 0 aliphatic carbocycles. The summed E-state index contributed by atoms with van der Waals surface area (Å²) in [6, 6.07) is 1.17. The molecule has 0 aliphatic heterocycles. The molecule has 2 rings (SSSR count). The molecule has 0 aromatic carbocycles. The third-order valence-electron chi connectivity index (χ3n) is 4.21. The van der Waals surface area contributed by atoms with Crippen molar-refractivity contribution < 1.29 is 8.42 Å². The van der Waals surface area contributed by atoms with Crippen molar-refractivity contribution in [2.45, 2.75) is 45.1 Å². The maximum Gasteiger partial charge on any atom is 0.330 e. The summed E-state index contributed by atoms with van der Waals surface area (Å²) in [4.78, 5) is 28.1. The first-order valence-electron chi connectivity index (χ1n) is 7.98. The molecule has 0 spiro atoms. The van der Waals surface area contributed by atoms with Gasteiger partial charge in [-0.15, -0.1) is 0 Å². The minimum absolute atomic E-state index is 0.0238. The van der Waals surface area contributed by atoms with Crippen molar-refractivity contribution in [3.63, 3.8) is 0 Å². The van der Waals surface area contributed by atoms with Crippen LogP contribution in [0.3, 0.4) is 0 Å². The summed E-state index contributed by atoms with van der Waals surface area (Å²) in [6.07, 6.45) is 0. The van der Waals surface area contributed by atoms with Gasteiger partial charge in [-0.05, 0) is 19.8 Å². The van der Waals surface area contributed by atoms with Crippen LogP contribution < -0.4 is 11.2 Å². The van der Waals surface area contributed by atoms with E-state index in [0.29, 0.717) is 12.2 Å². The summed E-state index contributed by atoms with van der Waals surface area (Å²) in [6.45, 7) is 8.11. The third kappa shape index (κ3) is 3.60. The smallest absolute Gasteiger partial charge is 0.319 e. The van der Waals surface area contributed by atoms with Gasteiger partial charge in [-0.3, -0.25) is 13.9 Å². The lowest BCUT2D eigenvalue weighted by atomic mass is 10.2. The monoisotopic (exact) mass is 368 g/mol. The van der Waals surface area contributed by atoms with Gasteiger partial charge in [0.15, 0.2) is 0 Å². The van der Waals surface area contributed by atoms with Gasteiger partial charge >= 0.3 is 5.69 Å². The lowest BCUT2D eigenvalue weighted by Crippen LogP contribution is -2.38. The Hall–Kier alpha value is -2.16. The number of sulfone groups is 1. The van der Waals surface area contributed by atoms with Crippen LogP contribution in [0.5, 0.6) is 0 Å². The van der Waals surface area contributed by atoms with Gasteiger partial charge in [0.2, 0.25) is 15.0 Å². The molecule has 0 atom stereocenters. The minimum Gasteiger partial charge on any atom is -0.319 e. The Morgan fingerprint density at radius 2 is 1.72 bits per heavy atom. The van der Waals surface area contributed by atoms with Gasteiger partial charge in [0.25, 0.3) is 5.56 Å². The van der Waals surface area contributed by atoms with Crippen LogP contribution in [-0.2, 0) is 36.2 Å². The average molecular weight is 368 g/mol. The molecular weight excluding hydrogens is 344 g/mol. The summed E-state index contributed by atoms with van der Waals surface area (Å²) in [5, 5.41) is -0.0238. The second kappa shape index (κ2) is 6.62. The van der Waals surface area contributed by atoms with Gasteiger partial charge in [-0.25, -0.2) is 18.2 Å². The lowest BCUT2D eigenvalue weighted by molar-refractivity contribution is 0.475. The Bertz CT molecular complexity index is 1030. The van der Waals surface area contributed by atoms with Crippen LogP contribution in [0.2, 0.25) is 0 Å². The summed E-state index contributed by atoms with van der Waals surface area (Å²) in [7, 11) is -1.02. The standard InChI is InChI=1S/C16H24N4O4S/c1-10(2)8-20-12(4)11(3)17-15(20)25(23,24)9-13-7-14(21)19(6)16(22)18(13)5/h7,10H,8-9H2,1-6H3. The molecule has 0 aliphatic rings. The molecule has 25 heavy (non-hydrogen) atoms. The summed E-state index contributed by atoms with van der Waals surface area (Å²) in [5.41, 5.74) is 0.492. The van der Waals surface area contributed by atoms with Crippen molar-refractivity contribution in [3.8, 4) is 0 Å². The fourth-order valence-electron chi connectivity index (χ4n) is 2.62. The quantitative estimate of drug-likeness (QED) is 0.767. The topological polar surface area (TPSA) is 96.0 Å². The summed E-state index contributed by atoms with van der Waals surface area (Å²) in [5.74, 6) is -0.211. The van der Waals surface area contributed by atoms with Crippen molar-refractivity contribution in [2.24, 2.45) is 20.0 Å². The van der Waals surface area contributed by atoms with Gasteiger partial charge in [-0.2, -0.15) is 0 Å². The SMILES string of the molecule is Cc1nc(S(=O)(=O)Cc2cc(=O)n(C)c(=O)n2C)n(CC(C)C)c1C. The zero-order valence-electron chi connectivity index (χ0n) is 15.4. The molecule has 0 saturated carbocycles. The average Bonchev–Trinajstić information content (AvgIpc) is 2.79. The molecule has 0 saturated heterocycles. The second-order valence-electron chi connectivity index (χ2n) is 6.70. The minimum atomic E-state index is -3.82. The predicted molar refractivity (Wildman–Crippen MR) is 94.4 cm³/mol. The zero-order valence-corrected chi connectivity index (χ0v) is 16.2. The lowest BCUT2D eigenvalue weighted by Gasteiger charge is -2.14. The number of aromatic nitrogens is 4. The van der Waals surface area contributed by atoms with Crippen LogP contribution in [-0.4, -0.2) is 27.1 Å². The normalized spacial score (nSPS) is 12.1. The van der Waals surface area contributed by atoms with E-state index in [1.165, 1.54) is 24.7 Å². The van der Waals surface area contributed by atoms with Gasteiger partial charge in [0.1, 0.15) is 0 Å². The van der Waals surface area contributed by atoms with Crippen LogP contribution >= 0.6 is 0 Å². The van der Waals surface area contributed by atoms with Crippen molar-refractivity contribution in [1.29, 1.82) is 0 Å². The highest BCUT2D eigenvalue weighted by Crippen LogP contribution is 2.20. The van der Waals surface area contributed by atoms with Crippen molar-refractivity contribution >= 4 is 9.84 Å². The number of hydrogen-bond acceptors (Lipinski definition) is 5. The molecule has 0 N–H and O–H groups in total. The first-order chi connectivity index (χ1) is 11.5. The molecule has 2 heterocycles. The van der Waals surface area contributed by atoms with E-state index in [9.17, 15) is 18.0 Å². The number of imidazole rings is 1. The van der Waals surface area contributed by atoms with E-state index in [0.717, 1.165) is 10.3 Å². The molecule has 0 unspecified atom stereocenters. The van der Waals surface area contributed by atoms with Crippen molar-refractivity contribution in [2.75, 3.05) is 0 Å². The van der Waals surface area contributed by atoms with Crippen LogP contribution in [0, 0.1) is 19.8 Å². The van der Waals surface area contributed by atoms with Crippen LogP contribution in [0.15, 0.2) is 20.8 Å². The van der Waals surface area contributed by atoms with E-state index in [-0.39, 0.29) is 16.8 Å². The van der Waals surface area contributed by atoms with E-state index in [1.807, 2.05) is 20.8 Å². The Labute approximate surface area is 146 Å². The second-order valence-corrected chi connectivity index (χ2v) is 8.59. The number of rotatable bonds is 5. The third-order valence-corrected chi connectivity index (χ3v) is 5.76. The van der Waals surface area contributed by atoms with Crippen LogP contribution in [0.4, 0.5) is 0 Å². The molecular formula is C16H24N4O4S. The summed E-state index contributed by atoms with van der Waals surface area (Å²) >= 11 is 0. The Kier molecular flexibility index (Phi) is 5.08. The predicted octanol–water partition coefficient (Wildman–Crippen LogP) is 0.527. The number of aryl methyl sites for hydroxylation is 1. The van der Waals surface area contributed by atoms with E-state index in [1.54, 1.807) is 11.5 Å². The molecule has 2 aromatic heterocycles. The van der Waals surface area contributed by atoms with Crippen molar-refractivity contribution in [1.82, 2.24) is 18.7 Å². The molecule has 9 heteroatoms. The maximum atomic E-state index is 12.9. The number of nitrogens with zero attached hydrogens (tertiary/aromatic N) is 4. The molecule has 8 nitrogen and oxygen atoms in total. The van der Waals surface area contributed by atoms with Crippen LogP contribution in [0.1, 0.15) is 30.9 Å². The fourth-order valence-corrected chi connectivity index (χ4v) is 4.24. The molecule has 0 fully saturated rings. The summed E-state index contributed by atoms with van der Waals surface area (Å²) < 4.78 is 29.6. The largest absolute Gasteiger partial charge is 0.330 e. The van der Waals surface area contributed by atoms with Crippen molar-refractivity contribution in [3.05, 3.63) is 44.0 Å². The molecule has 2 aromatic rings. The highest BCUT2D eigenvalue weighted by atomic mass is 32.2. The van der Waals surface area contributed by atoms with Gasteiger partial charge in [-0.1, -0.05) is 13.8 Å². The van der Waals surface area contributed by atoms with E-state index >= 15 is 0 Å². The van der Waals surface area contributed by atoms with Gasteiger partial charge < -0.3 is 4.57 Å². The van der Waals surface area contributed by atoms with Crippen LogP contribution in [0.25, 0.3) is 0 Å². The Morgan fingerprint density at radius 3 is 2.28 bits per heavy atom. The fraction of sp³-hybridized carbons (Fsp3) is 0.562. The molecule has 0 bridgehead atoms. The first-order valence-corrected chi connectivity index (χ1v) is 9.63. The molecule has 138 valence electrons. The zero-order chi connectivity index (χ0) is 19.1. The maximum absolute atomic E-state index is 12.9. The van der Waals surface area contributed by atoms with E-state index < -0.39 is 26.8 Å². The molecule has 0 radical (unpaired) electrons. The van der Waals surface area contributed by atoms with E-state index in [4.69, 9.17) is 0 Å². The Morgan fingerprint density at radius 1 is 1.12 bits per heavy atom. The van der Waals surface area contributed by atoms with E-state index in [2.05, 4.69) is 4.98 Å². The Balaban J connectivity index is 2.57. The van der Waals surface area contributed by atoms with Gasteiger partial charge in [0, 0.05) is 38.1 Å².